The van der Waals surface area contributed by atoms with Crippen LogP contribution in [-0.4, -0.2) is 45.1 Å². The van der Waals surface area contributed by atoms with Gasteiger partial charge in [-0.25, -0.2) is 19.2 Å². The van der Waals surface area contributed by atoms with Crippen molar-refractivity contribution in [2.24, 2.45) is 0 Å². The van der Waals surface area contributed by atoms with Crippen molar-refractivity contribution in [2.45, 2.75) is 20.0 Å². The number of halogens is 1. The largest absolute Gasteiger partial charge is 0.288 e. The Morgan fingerprint density at radius 2 is 1.91 bits per heavy atom. The Morgan fingerprint density at radius 1 is 1.06 bits per heavy atom. The molecule has 0 aliphatic rings. The summed E-state index contributed by atoms with van der Waals surface area (Å²) >= 11 is 3.54. The van der Waals surface area contributed by atoms with Crippen LogP contribution < -0.4 is 5.32 Å². The maximum absolute atomic E-state index is 12.8. The van der Waals surface area contributed by atoms with E-state index in [2.05, 4.69) is 46.5 Å². The monoisotopic (exact) mass is 491 g/mol. The van der Waals surface area contributed by atoms with E-state index in [4.69, 9.17) is 0 Å². The molecular formula is C21H18BrN9O. The Kier molecular flexibility index (Phi) is 5.23. The minimum absolute atomic E-state index is 0.204. The number of hydrogen-bond acceptors (Lipinski definition) is 6. The summed E-state index contributed by atoms with van der Waals surface area (Å²) in [6.07, 6.45) is 5.14. The molecule has 0 saturated carbocycles. The summed E-state index contributed by atoms with van der Waals surface area (Å²) in [4.78, 5) is 21.3. The average Bonchev–Trinajstić information content (AvgIpc) is 3.52. The summed E-state index contributed by atoms with van der Waals surface area (Å²) in [5.74, 6) is -0.210. The van der Waals surface area contributed by atoms with Crippen molar-refractivity contribution in [1.82, 2.24) is 39.1 Å². The molecule has 0 aliphatic heterocycles. The van der Waals surface area contributed by atoms with Crippen molar-refractivity contribution in [1.29, 1.82) is 0 Å². The number of benzene rings is 1. The van der Waals surface area contributed by atoms with Crippen LogP contribution in [0.5, 0.6) is 0 Å². The van der Waals surface area contributed by atoms with Crippen LogP contribution in [0.15, 0.2) is 65.7 Å². The molecule has 10 nitrogen and oxygen atoms in total. The molecule has 11 heteroatoms. The fourth-order valence-electron chi connectivity index (χ4n) is 3.28. The molecular weight excluding hydrogens is 474 g/mol. The molecule has 4 heterocycles. The van der Waals surface area contributed by atoms with E-state index in [0.717, 1.165) is 28.0 Å². The van der Waals surface area contributed by atoms with Gasteiger partial charge in [-0.2, -0.15) is 10.2 Å². The Labute approximate surface area is 191 Å². The van der Waals surface area contributed by atoms with E-state index in [9.17, 15) is 4.79 Å². The molecule has 0 atom stereocenters. The van der Waals surface area contributed by atoms with Crippen LogP contribution in [-0.2, 0) is 13.1 Å². The van der Waals surface area contributed by atoms with Gasteiger partial charge in [-0.1, -0.05) is 30.3 Å². The Hall–Kier alpha value is -3.86. The summed E-state index contributed by atoms with van der Waals surface area (Å²) in [6, 6.07) is 13.3. The fourth-order valence-corrected chi connectivity index (χ4v) is 3.80. The highest BCUT2D eigenvalue weighted by Gasteiger charge is 2.18. The topological polar surface area (TPSA) is 108 Å². The van der Waals surface area contributed by atoms with Gasteiger partial charge in [-0.15, -0.1) is 5.10 Å². The van der Waals surface area contributed by atoms with Crippen molar-refractivity contribution in [3.8, 4) is 11.4 Å². The highest BCUT2D eigenvalue weighted by atomic mass is 79.9. The van der Waals surface area contributed by atoms with Gasteiger partial charge in [0.25, 0.3) is 5.91 Å². The number of nitrogens with zero attached hydrogens (tertiary/aromatic N) is 8. The van der Waals surface area contributed by atoms with Gasteiger partial charge in [-0.05, 0) is 34.5 Å². The third kappa shape index (κ3) is 3.89. The average molecular weight is 492 g/mol. The first-order valence-corrected chi connectivity index (χ1v) is 10.7. The highest BCUT2D eigenvalue weighted by molar-refractivity contribution is 9.10. The molecule has 4 aromatic heterocycles. The fraction of sp³-hybridized carbons (Fsp3) is 0.143. The molecule has 5 aromatic rings. The normalized spacial score (nSPS) is 11.2. The first-order chi connectivity index (χ1) is 15.6. The molecule has 0 unspecified atom stereocenters. The SMILES string of the molecule is CCn1cc(Br)c(-c2ccnc3cc(C(=O)Nc4ncn(Cc5ccccc5)n4)nn23)n1. The zero-order valence-corrected chi connectivity index (χ0v) is 18.6. The van der Waals surface area contributed by atoms with Gasteiger partial charge in [0.05, 0.1) is 16.7 Å². The molecule has 1 N–H and O–H groups in total. The van der Waals surface area contributed by atoms with Crippen LogP contribution in [0.1, 0.15) is 23.0 Å². The second-order valence-electron chi connectivity index (χ2n) is 7.02. The summed E-state index contributed by atoms with van der Waals surface area (Å²) in [5, 5.41) is 16.0. The second-order valence-corrected chi connectivity index (χ2v) is 7.87. The van der Waals surface area contributed by atoms with Gasteiger partial charge in [-0.3, -0.25) is 14.8 Å². The molecule has 5 rings (SSSR count). The maximum atomic E-state index is 12.8. The van der Waals surface area contributed by atoms with E-state index in [-0.39, 0.29) is 11.6 Å². The number of aryl methyl sites for hydroxylation is 1. The van der Waals surface area contributed by atoms with Crippen LogP contribution in [0, 0.1) is 0 Å². The number of aromatic nitrogens is 8. The molecule has 0 bridgehead atoms. The lowest BCUT2D eigenvalue weighted by molar-refractivity contribution is 0.102. The third-order valence-electron chi connectivity index (χ3n) is 4.82. The van der Waals surface area contributed by atoms with Crippen molar-refractivity contribution in [3.05, 3.63) is 76.9 Å². The lowest BCUT2D eigenvalue weighted by Gasteiger charge is -2.02. The summed E-state index contributed by atoms with van der Waals surface area (Å²) in [7, 11) is 0. The van der Waals surface area contributed by atoms with Gasteiger partial charge < -0.3 is 0 Å². The molecule has 160 valence electrons. The van der Waals surface area contributed by atoms with E-state index in [0.29, 0.717) is 12.2 Å². The number of anilines is 1. The van der Waals surface area contributed by atoms with Crippen molar-refractivity contribution in [3.63, 3.8) is 0 Å². The van der Waals surface area contributed by atoms with Crippen LogP contribution >= 0.6 is 15.9 Å². The van der Waals surface area contributed by atoms with E-state index in [1.807, 2.05) is 54.2 Å². The van der Waals surface area contributed by atoms with Crippen molar-refractivity contribution in [2.75, 3.05) is 5.32 Å². The second kappa shape index (κ2) is 8.35. The van der Waals surface area contributed by atoms with Gasteiger partial charge >= 0.3 is 0 Å². The van der Waals surface area contributed by atoms with Crippen molar-refractivity contribution < 1.29 is 4.79 Å². The smallest absolute Gasteiger partial charge is 0.278 e. The zero-order chi connectivity index (χ0) is 22.1. The number of carbonyl (C=O) groups is 1. The number of amides is 1. The minimum Gasteiger partial charge on any atom is -0.288 e. The van der Waals surface area contributed by atoms with Crippen LogP contribution in [0.2, 0.25) is 0 Å². The molecule has 0 spiro atoms. The molecule has 32 heavy (non-hydrogen) atoms. The molecule has 0 saturated heterocycles. The highest BCUT2D eigenvalue weighted by Crippen LogP contribution is 2.27. The van der Waals surface area contributed by atoms with E-state index < -0.39 is 5.91 Å². The van der Waals surface area contributed by atoms with Gasteiger partial charge in [0, 0.05) is 25.0 Å². The molecule has 0 radical (unpaired) electrons. The number of nitrogens with one attached hydrogen (secondary N) is 1. The summed E-state index contributed by atoms with van der Waals surface area (Å²) in [5.41, 5.74) is 3.27. The van der Waals surface area contributed by atoms with Crippen molar-refractivity contribution >= 4 is 33.4 Å². The number of fused-ring (bicyclic) bond motifs is 1. The maximum Gasteiger partial charge on any atom is 0.278 e. The Balaban J connectivity index is 1.38. The quantitative estimate of drug-likeness (QED) is 0.390. The third-order valence-corrected chi connectivity index (χ3v) is 5.40. The van der Waals surface area contributed by atoms with Gasteiger partial charge in [0.15, 0.2) is 11.3 Å². The van der Waals surface area contributed by atoms with E-state index >= 15 is 0 Å². The molecule has 0 fully saturated rings. The lowest BCUT2D eigenvalue weighted by Crippen LogP contribution is -2.14. The molecule has 1 aromatic carbocycles. The first-order valence-electron chi connectivity index (χ1n) is 9.93. The molecule has 0 aliphatic carbocycles. The Morgan fingerprint density at radius 3 is 2.69 bits per heavy atom. The number of hydrogen-bond donors (Lipinski definition) is 1. The van der Waals surface area contributed by atoms with E-state index in [1.54, 1.807) is 27.8 Å². The summed E-state index contributed by atoms with van der Waals surface area (Å²) < 4.78 is 5.92. The minimum atomic E-state index is -0.419. The lowest BCUT2D eigenvalue weighted by atomic mass is 10.2. The van der Waals surface area contributed by atoms with Crippen LogP contribution in [0.25, 0.3) is 17.0 Å². The zero-order valence-electron chi connectivity index (χ0n) is 17.1. The van der Waals surface area contributed by atoms with Gasteiger partial charge in [0.2, 0.25) is 5.95 Å². The van der Waals surface area contributed by atoms with E-state index in [1.165, 1.54) is 0 Å². The Bertz CT molecular complexity index is 1400. The molecule has 1 amide bonds. The standard InChI is InChI=1S/C21H18BrN9O/c1-2-29-12-15(22)19(27-29)17-8-9-23-18-10-16(26-31(17)18)20(32)25-21-24-13-30(28-21)11-14-6-4-3-5-7-14/h3-10,12-13H,2,11H2,1H3,(H,25,28,32). The predicted molar refractivity (Wildman–Crippen MR) is 121 cm³/mol. The van der Waals surface area contributed by atoms with Crippen LogP contribution in [0.4, 0.5) is 5.95 Å². The van der Waals surface area contributed by atoms with Crippen LogP contribution in [0.3, 0.4) is 0 Å². The summed E-state index contributed by atoms with van der Waals surface area (Å²) in [6.45, 7) is 3.31. The predicted octanol–water partition coefficient (Wildman–Crippen LogP) is 3.27. The number of rotatable bonds is 6. The number of carbonyl (C=O) groups excluding carboxylic acids is 1. The first kappa shape index (κ1) is 20.1. The van der Waals surface area contributed by atoms with Gasteiger partial charge in [0.1, 0.15) is 12.0 Å².